The van der Waals surface area contributed by atoms with Crippen LogP contribution in [0.4, 0.5) is 0 Å². The fraction of sp³-hybridized carbons (Fsp3) is 0.660. The molecule has 0 bridgehead atoms. The Morgan fingerprint density at radius 1 is 0.544 bits per heavy atom. The number of nitrogens with zero attached hydrogens (tertiary/aromatic N) is 1. The summed E-state index contributed by atoms with van der Waals surface area (Å²) in [6, 6.07) is 0. The number of carbonyl (C=O) groups excluding carboxylic acids is 2. The molecule has 0 fully saturated rings. The number of esters is 2. The first-order valence-electron chi connectivity index (χ1n) is 21.8. The van der Waals surface area contributed by atoms with Crippen LogP contribution in [0.15, 0.2) is 85.1 Å². The van der Waals surface area contributed by atoms with E-state index in [0.29, 0.717) is 23.9 Å². The van der Waals surface area contributed by atoms with E-state index in [0.717, 1.165) is 70.6 Å². The number of allylic oxidation sites excluding steroid dienone is 14. The first kappa shape index (κ1) is 54.2. The number of hydrogen-bond donors (Lipinski definition) is 0. The normalized spacial score (nSPS) is 14.4. The Morgan fingerprint density at radius 2 is 1.00 bits per heavy atom. The van der Waals surface area contributed by atoms with Gasteiger partial charge in [-0.3, -0.25) is 14.2 Å². The zero-order chi connectivity index (χ0) is 42.1. The molecule has 0 aromatic carbocycles. The van der Waals surface area contributed by atoms with Crippen LogP contribution in [0.5, 0.6) is 0 Å². The topological polar surface area (TPSA) is 111 Å². The van der Waals surface area contributed by atoms with Gasteiger partial charge in [0.05, 0.1) is 27.7 Å². The van der Waals surface area contributed by atoms with E-state index >= 15 is 0 Å². The summed E-state index contributed by atoms with van der Waals surface area (Å²) in [6.45, 7) is 4.03. The number of unbranched alkanes of at least 4 members (excludes halogenated alkanes) is 10. The Bertz CT molecular complexity index is 1240. The number of likely N-dealkylation sites (N-methyl/N-ethyl adjacent to an activating group) is 1. The molecule has 0 N–H and O–H groups in total. The molecule has 0 aliphatic carbocycles. The van der Waals surface area contributed by atoms with Crippen LogP contribution in [-0.2, 0) is 32.7 Å². The summed E-state index contributed by atoms with van der Waals surface area (Å²) >= 11 is 0. The third-order valence-corrected chi connectivity index (χ3v) is 9.62. The average molecular weight is 818 g/mol. The lowest BCUT2D eigenvalue weighted by atomic mass is 10.1. The number of quaternary nitrogens is 1. The molecule has 0 rings (SSSR count). The van der Waals surface area contributed by atoms with Gasteiger partial charge in [0.25, 0.3) is 7.82 Å². The molecule has 0 aliphatic heterocycles. The van der Waals surface area contributed by atoms with Gasteiger partial charge >= 0.3 is 11.9 Å². The maximum atomic E-state index is 12.6. The van der Waals surface area contributed by atoms with E-state index in [1.54, 1.807) is 0 Å². The van der Waals surface area contributed by atoms with Crippen LogP contribution in [0.1, 0.15) is 149 Å². The molecule has 0 aromatic rings. The second-order valence-corrected chi connectivity index (χ2v) is 16.8. The maximum absolute atomic E-state index is 12.6. The molecule has 326 valence electrons. The number of ether oxygens (including phenoxy) is 2. The Hall–Kier alpha value is -2.81. The summed E-state index contributed by atoms with van der Waals surface area (Å²) in [7, 11) is 1.10. The smallest absolute Gasteiger partial charge is 0.306 e. The molecule has 0 aliphatic rings. The van der Waals surface area contributed by atoms with Gasteiger partial charge in [0, 0.05) is 12.8 Å². The summed E-state index contributed by atoms with van der Waals surface area (Å²) in [5, 5.41) is 0. The monoisotopic (exact) mass is 818 g/mol. The third-order valence-electron chi connectivity index (χ3n) is 8.65. The van der Waals surface area contributed by atoms with Crippen molar-refractivity contribution in [3.05, 3.63) is 85.1 Å². The molecule has 9 nitrogen and oxygen atoms in total. The second kappa shape index (κ2) is 38.7. The minimum Gasteiger partial charge on any atom is -0.756 e. The van der Waals surface area contributed by atoms with Crippen molar-refractivity contribution >= 4 is 19.8 Å². The first-order valence-corrected chi connectivity index (χ1v) is 23.3. The van der Waals surface area contributed by atoms with Crippen molar-refractivity contribution in [1.82, 2.24) is 0 Å². The highest BCUT2D eigenvalue weighted by atomic mass is 31.2. The van der Waals surface area contributed by atoms with Crippen molar-refractivity contribution in [3.8, 4) is 0 Å². The number of carbonyl (C=O) groups is 2. The Balaban J connectivity index is 4.54. The minimum absolute atomic E-state index is 0.0510. The van der Waals surface area contributed by atoms with Crippen molar-refractivity contribution in [2.75, 3.05) is 47.5 Å². The molecule has 57 heavy (non-hydrogen) atoms. The lowest BCUT2D eigenvalue weighted by Gasteiger charge is -2.28. The molecule has 0 amide bonds. The highest BCUT2D eigenvalue weighted by Gasteiger charge is 2.21. The molecule has 1 unspecified atom stereocenters. The first-order chi connectivity index (χ1) is 27.5. The van der Waals surface area contributed by atoms with Crippen LogP contribution in [0.25, 0.3) is 0 Å². The van der Waals surface area contributed by atoms with Crippen molar-refractivity contribution < 1.29 is 42.1 Å². The maximum Gasteiger partial charge on any atom is 0.306 e. The van der Waals surface area contributed by atoms with Crippen LogP contribution in [0.2, 0.25) is 0 Å². The van der Waals surface area contributed by atoms with Crippen LogP contribution >= 0.6 is 7.82 Å². The SMILES string of the molecule is CCCC/C=C/C/C=C/CCCCCCCC(=O)OC[C@H](COP(=O)([O-])OCC[N+](C)(C)C)OC(=O)CC/C=C/C/C=C/C/C=C/C/C=C/C/C=C/CCCCC. The fourth-order valence-corrected chi connectivity index (χ4v) is 5.91. The molecule has 0 radical (unpaired) electrons. The van der Waals surface area contributed by atoms with Crippen LogP contribution in [-0.4, -0.2) is 70.0 Å². The molecular weight excluding hydrogens is 737 g/mol. The summed E-state index contributed by atoms with van der Waals surface area (Å²) < 4.78 is 33.8. The largest absolute Gasteiger partial charge is 0.756 e. The van der Waals surface area contributed by atoms with Crippen LogP contribution < -0.4 is 4.89 Å². The summed E-state index contributed by atoms with van der Waals surface area (Å²) in [5.41, 5.74) is 0. The Kier molecular flexibility index (Phi) is 36.8. The molecule has 0 spiro atoms. The van der Waals surface area contributed by atoms with Gasteiger partial charge in [-0.2, -0.15) is 0 Å². The summed E-state index contributed by atoms with van der Waals surface area (Å²) in [5.74, 6) is -0.956. The molecule has 2 atom stereocenters. The highest BCUT2D eigenvalue weighted by Crippen LogP contribution is 2.38. The molecule has 0 heterocycles. The summed E-state index contributed by atoms with van der Waals surface area (Å²) in [4.78, 5) is 37.5. The zero-order valence-electron chi connectivity index (χ0n) is 36.5. The molecule has 0 saturated heterocycles. The van der Waals surface area contributed by atoms with Gasteiger partial charge in [-0.15, -0.1) is 0 Å². The number of rotatable bonds is 38. The van der Waals surface area contributed by atoms with E-state index in [1.165, 1.54) is 38.5 Å². The summed E-state index contributed by atoms with van der Waals surface area (Å²) in [6.07, 6.45) is 49.1. The van der Waals surface area contributed by atoms with Crippen molar-refractivity contribution in [1.29, 1.82) is 0 Å². The predicted molar refractivity (Wildman–Crippen MR) is 236 cm³/mol. The van der Waals surface area contributed by atoms with Gasteiger partial charge in [0.2, 0.25) is 0 Å². The Labute approximate surface area is 348 Å². The van der Waals surface area contributed by atoms with Crippen LogP contribution in [0.3, 0.4) is 0 Å². The molecule has 0 aromatic heterocycles. The average Bonchev–Trinajstić information content (AvgIpc) is 3.16. The number of phosphoric acid groups is 1. The standard InChI is InChI=1S/C47H80NO8P/c1-6-8-10-12-14-16-18-20-22-23-24-25-26-28-30-32-34-36-38-40-47(50)56-45(44-55-57(51,52)54-42-41-48(3,4)5)43-53-46(49)39-37-35-33-31-29-27-21-19-17-15-13-11-9-7-2/h13-16,19-22,24-25,28,30,34,36,45H,6-12,17-18,23,26-27,29,31-33,35,37-44H2,1-5H3/b15-13+,16-14+,21-19+,22-20+,25-24+,30-28+,36-34+/t45-/m1/s1. The van der Waals surface area contributed by atoms with Gasteiger partial charge < -0.3 is 27.9 Å². The predicted octanol–water partition coefficient (Wildman–Crippen LogP) is 11.8. The lowest BCUT2D eigenvalue weighted by Crippen LogP contribution is -2.37. The van der Waals surface area contributed by atoms with Gasteiger partial charge in [0.15, 0.2) is 6.10 Å². The van der Waals surface area contributed by atoms with E-state index in [-0.39, 0.29) is 26.1 Å². The molecule has 0 saturated carbocycles. The van der Waals surface area contributed by atoms with Gasteiger partial charge in [-0.25, -0.2) is 0 Å². The van der Waals surface area contributed by atoms with Crippen molar-refractivity contribution in [3.63, 3.8) is 0 Å². The molecule has 10 heteroatoms. The number of phosphoric ester groups is 1. The van der Waals surface area contributed by atoms with E-state index in [1.807, 2.05) is 33.3 Å². The molecular formula is C47H80NO8P. The zero-order valence-corrected chi connectivity index (χ0v) is 37.4. The van der Waals surface area contributed by atoms with E-state index in [2.05, 4.69) is 86.8 Å². The van der Waals surface area contributed by atoms with E-state index < -0.39 is 32.5 Å². The quantitative estimate of drug-likeness (QED) is 0.0199. The number of hydrogen-bond acceptors (Lipinski definition) is 8. The second-order valence-electron chi connectivity index (χ2n) is 15.3. The van der Waals surface area contributed by atoms with E-state index in [9.17, 15) is 19.0 Å². The van der Waals surface area contributed by atoms with Crippen molar-refractivity contribution in [2.24, 2.45) is 0 Å². The Morgan fingerprint density at radius 3 is 1.53 bits per heavy atom. The van der Waals surface area contributed by atoms with Gasteiger partial charge in [-0.1, -0.05) is 144 Å². The minimum atomic E-state index is -4.65. The van der Waals surface area contributed by atoms with Crippen LogP contribution in [0, 0.1) is 0 Å². The lowest BCUT2D eigenvalue weighted by molar-refractivity contribution is -0.870. The highest BCUT2D eigenvalue weighted by molar-refractivity contribution is 7.45. The fourth-order valence-electron chi connectivity index (χ4n) is 5.18. The van der Waals surface area contributed by atoms with E-state index in [4.69, 9.17) is 18.5 Å². The van der Waals surface area contributed by atoms with Gasteiger partial charge in [-0.05, 0) is 77.0 Å². The van der Waals surface area contributed by atoms with Crippen molar-refractivity contribution in [2.45, 2.75) is 155 Å². The third kappa shape index (κ3) is 42.6. The van der Waals surface area contributed by atoms with Gasteiger partial charge in [0.1, 0.15) is 19.8 Å².